The summed E-state index contributed by atoms with van der Waals surface area (Å²) in [5.74, 6) is -2.71. The number of ether oxygens (including phenoxy) is 1. The first kappa shape index (κ1) is 32.0. The Hall–Kier alpha value is -3.95. The molecule has 6 rings (SSSR count). The van der Waals surface area contributed by atoms with Crippen molar-refractivity contribution in [3.63, 3.8) is 0 Å². The molecule has 4 heterocycles. The maximum atomic E-state index is 14.9. The number of rotatable bonds is 9. The van der Waals surface area contributed by atoms with Gasteiger partial charge in [0.1, 0.15) is 11.6 Å². The van der Waals surface area contributed by atoms with E-state index in [9.17, 15) is 19.5 Å². The van der Waals surface area contributed by atoms with Crippen molar-refractivity contribution in [3.05, 3.63) is 84.5 Å². The molecule has 2 aromatic rings. The van der Waals surface area contributed by atoms with Crippen LogP contribution in [-0.2, 0) is 25.7 Å². The van der Waals surface area contributed by atoms with Crippen molar-refractivity contribution in [2.45, 2.75) is 64.4 Å². The maximum Gasteiger partial charge on any atom is 0.253 e. The van der Waals surface area contributed by atoms with Crippen molar-refractivity contribution in [3.8, 4) is 0 Å². The van der Waals surface area contributed by atoms with Crippen molar-refractivity contribution in [1.29, 1.82) is 0 Å². The van der Waals surface area contributed by atoms with Crippen LogP contribution in [0.4, 0.5) is 11.4 Å². The van der Waals surface area contributed by atoms with Gasteiger partial charge in [0, 0.05) is 44.1 Å². The molecule has 2 aromatic carbocycles. The van der Waals surface area contributed by atoms with Gasteiger partial charge in [-0.15, -0.1) is 0 Å². The number of fused-ring (bicyclic) bond motifs is 2. The van der Waals surface area contributed by atoms with Crippen LogP contribution in [0.15, 0.2) is 78.9 Å². The number of amides is 3. The van der Waals surface area contributed by atoms with Crippen LogP contribution in [0, 0.1) is 17.8 Å². The Balaban J connectivity index is 1.43. The number of carbonyl (C=O) groups excluding carboxylic acids is 3. The summed E-state index contributed by atoms with van der Waals surface area (Å²) in [7, 11) is 0. The number of carbonyl (C=O) groups is 3. The normalized spacial score (nSPS) is 29.5. The van der Waals surface area contributed by atoms with Crippen LogP contribution in [0.2, 0.25) is 0 Å². The topological polar surface area (TPSA) is 93.6 Å². The summed E-state index contributed by atoms with van der Waals surface area (Å²) < 4.78 is 6.99. The molecule has 244 valence electrons. The van der Waals surface area contributed by atoms with E-state index in [1.165, 1.54) is 0 Å². The van der Waals surface area contributed by atoms with E-state index in [-0.39, 0.29) is 36.8 Å². The van der Waals surface area contributed by atoms with Gasteiger partial charge in [0.25, 0.3) is 5.91 Å². The highest BCUT2D eigenvalue weighted by atomic mass is 16.5. The summed E-state index contributed by atoms with van der Waals surface area (Å²) in [5.41, 5.74) is 0.281. The average Bonchev–Trinajstić information content (AvgIpc) is 3.32. The second-order valence-electron chi connectivity index (χ2n) is 13.4. The van der Waals surface area contributed by atoms with Gasteiger partial charge < -0.3 is 29.4 Å². The van der Waals surface area contributed by atoms with E-state index in [1.807, 2.05) is 99.7 Å². The molecular weight excluding hydrogens is 580 g/mol. The van der Waals surface area contributed by atoms with Crippen LogP contribution in [0.3, 0.4) is 0 Å². The second kappa shape index (κ2) is 12.3. The lowest BCUT2D eigenvalue weighted by Crippen LogP contribution is -2.59. The number of hydrogen-bond donors (Lipinski definition) is 1. The van der Waals surface area contributed by atoms with Gasteiger partial charge in [0.2, 0.25) is 11.8 Å². The predicted molar refractivity (Wildman–Crippen MR) is 178 cm³/mol. The Kier molecular flexibility index (Phi) is 8.59. The number of anilines is 2. The molecule has 0 aliphatic carbocycles. The van der Waals surface area contributed by atoms with E-state index in [0.29, 0.717) is 18.8 Å². The third-order valence-electron chi connectivity index (χ3n) is 10.4. The van der Waals surface area contributed by atoms with E-state index >= 15 is 0 Å². The van der Waals surface area contributed by atoms with E-state index in [0.717, 1.165) is 24.3 Å². The summed E-state index contributed by atoms with van der Waals surface area (Å²) in [5, 5.41) is 10.6. The van der Waals surface area contributed by atoms with Gasteiger partial charge in [0.15, 0.2) is 0 Å². The third-order valence-corrected chi connectivity index (χ3v) is 10.4. The Morgan fingerprint density at radius 1 is 0.891 bits per heavy atom. The molecule has 1 spiro atoms. The highest BCUT2D eigenvalue weighted by molar-refractivity contribution is 6.06. The van der Waals surface area contributed by atoms with Crippen LogP contribution < -0.4 is 9.80 Å². The molecule has 2 fully saturated rings. The zero-order chi connectivity index (χ0) is 32.8. The molecule has 9 heteroatoms. The fraction of sp³-hybridized carbons (Fsp3) is 0.486. The maximum absolute atomic E-state index is 14.9. The van der Waals surface area contributed by atoms with Crippen molar-refractivity contribution in [2.75, 3.05) is 42.6 Å². The van der Waals surface area contributed by atoms with Crippen molar-refractivity contribution < 1.29 is 24.2 Å². The van der Waals surface area contributed by atoms with Crippen molar-refractivity contribution >= 4 is 29.1 Å². The monoisotopic (exact) mass is 626 g/mol. The number of benzene rings is 2. The van der Waals surface area contributed by atoms with Gasteiger partial charge in [-0.3, -0.25) is 14.4 Å². The molecule has 2 saturated heterocycles. The SMILES string of the molecule is CCN(CC)c1ccc(N2CC=C[C@]34O[C@]5(C)C=CCN(Cc6ccccc6)C(=O)[C@@H]5[C@H]3C(=O)N([C@@H](CO)C(C)C)C4C2=O)cc1. The second-order valence-corrected chi connectivity index (χ2v) is 13.4. The van der Waals surface area contributed by atoms with Crippen LogP contribution in [-0.4, -0.2) is 88.7 Å². The fourth-order valence-electron chi connectivity index (χ4n) is 8.10. The van der Waals surface area contributed by atoms with Gasteiger partial charge >= 0.3 is 0 Å². The fourth-order valence-corrected chi connectivity index (χ4v) is 8.10. The molecule has 0 bridgehead atoms. The van der Waals surface area contributed by atoms with Gasteiger partial charge in [-0.1, -0.05) is 68.5 Å². The number of aliphatic hydroxyl groups excluding tert-OH is 1. The van der Waals surface area contributed by atoms with Crippen LogP contribution in [0.5, 0.6) is 0 Å². The number of nitrogens with zero attached hydrogens (tertiary/aromatic N) is 4. The summed E-state index contributed by atoms with van der Waals surface area (Å²) in [6, 6.07) is 16.0. The summed E-state index contributed by atoms with van der Waals surface area (Å²) in [6.45, 7) is 12.4. The molecule has 6 atom stereocenters. The van der Waals surface area contributed by atoms with Gasteiger partial charge in [-0.2, -0.15) is 0 Å². The van der Waals surface area contributed by atoms with Gasteiger partial charge in [-0.25, -0.2) is 0 Å². The predicted octanol–water partition coefficient (Wildman–Crippen LogP) is 4.02. The molecule has 9 nitrogen and oxygen atoms in total. The largest absolute Gasteiger partial charge is 0.394 e. The van der Waals surface area contributed by atoms with E-state index in [4.69, 9.17) is 4.74 Å². The Labute approximate surface area is 272 Å². The first-order valence-corrected chi connectivity index (χ1v) is 16.6. The highest BCUT2D eigenvalue weighted by Crippen LogP contribution is 2.58. The van der Waals surface area contributed by atoms with E-state index < -0.39 is 35.1 Å². The Bertz CT molecular complexity index is 1520. The minimum absolute atomic E-state index is 0.141. The first-order valence-electron chi connectivity index (χ1n) is 16.6. The summed E-state index contributed by atoms with van der Waals surface area (Å²) in [4.78, 5) is 51.4. The molecule has 4 aliphatic rings. The smallest absolute Gasteiger partial charge is 0.253 e. The van der Waals surface area contributed by atoms with Gasteiger partial charge in [0.05, 0.1) is 30.1 Å². The Morgan fingerprint density at radius 3 is 2.20 bits per heavy atom. The molecule has 1 N–H and O–H groups in total. The van der Waals surface area contributed by atoms with Crippen molar-refractivity contribution in [2.24, 2.45) is 17.8 Å². The molecule has 46 heavy (non-hydrogen) atoms. The number of likely N-dealkylation sites (tertiary alicyclic amines) is 1. The Morgan fingerprint density at radius 2 is 1.57 bits per heavy atom. The molecule has 1 unspecified atom stereocenters. The lowest BCUT2D eigenvalue weighted by Gasteiger charge is -2.41. The lowest BCUT2D eigenvalue weighted by atomic mass is 9.74. The standard InChI is InChI=1S/C37H46N4O5/c1-6-38(7-2)27-15-17-28(18-16-27)40-22-12-20-37-31(34(44)41(32(37)35(40)45)29(24-42)25(3)4)30-33(43)39(21-11-19-36(30,5)46-37)23-26-13-9-8-10-14-26/h8-20,25,29-32,42H,6-7,21-24H2,1-5H3/t29-,30-,31-,32?,36+,37-/m0/s1. The summed E-state index contributed by atoms with van der Waals surface area (Å²) >= 11 is 0. The van der Waals surface area contributed by atoms with E-state index in [1.54, 1.807) is 14.7 Å². The zero-order valence-corrected chi connectivity index (χ0v) is 27.5. The zero-order valence-electron chi connectivity index (χ0n) is 27.5. The third kappa shape index (κ3) is 5.04. The molecule has 3 amide bonds. The number of hydrogen-bond acceptors (Lipinski definition) is 6. The first-order chi connectivity index (χ1) is 22.1. The lowest BCUT2D eigenvalue weighted by molar-refractivity contribution is -0.152. The minimum Gasteiger partial charge on any atom is -0.394 e. The quantitative estimate of drug-likeness (QED) is 0.423. The number of aliphatic hydroxyl groups is 1. The van der Waals surface area contributed by atoms with Crippen LogP contribution >= 0.6 is 0 Å². The summed E-state index contributed by atoms with van der Waals surface area (Å²) in [6.07, 6.45) is 7.60. The highest BCUT2D eigenvalue weighted by Gasteiger charge is 2.75. The van der Waals surface area contributed by atoms with Crippen LogP contribution in [0.1, 0.15) is 40.2 Å². The molecule has 0 aromatic heterocycles. The van der Waals surface area contributed by atoms with E-state index in [2.05, 4.69) is 18.7 Å². The molecular formula is C37H46N4O5. The molecule has 4 aliphatic heterocycles. The minimum atomic E-state index is -1.39. The average molecular weight is 627 g/mol. The molecule has 0 saturated carbocycles. The molecule has 0 radical (unpaired) electrons. The van der Waals surface area contributed by atoms with Crippen molar-refractivity contribution in [1.82, 2.24) is 9.80 Å². The van der Waals surface area contributed by atoms with Crippen LogP contribution in [0.25, 0.3) is 0 Å². The van der Waals surface area contributed by atoms with Gasteiger partial charge in [-0.05, 0) is 56.5 Å².